The Morgan fingerprint density at radius 3 is 2.37 bits per heavy atom. The minimum Gasteiger partial charge on any atom is -0.495 e. The predicted octanol–water partition coefficient (Wildman–Crippen LogP) is 1.97. The first kappa shape index (κ1) is 20.4. The van der Waals surface area contributed by atoms with Crippen molar-refractivity contribution in [1.29, 1.82) is 0 Å². The van der Waals surface area contributed by atoms with E-state index in [0.717, 1.165) is 31.9 Å². The SMILES string of the molecule is COc1cc([C@H]2CC[C@H](N3CCN(CCS(C)(=O)=O)CC3)CC2)ccc1N. The van der Waals surface area contributed by atoms with Crippen LogP contribution in [0.15, 0.2) is 18.2 Å². The molecule has 1 aliphatic heterocycles. The topological polar surface area (TPSA) is 75.9 Å². The number of nitrogens with zero attached hydrogens (tertiary/aromatic N) is 2. The number of anilines is 1. The van der Waals surface area contributed by atoms with Crippen LogP contribution in [-0.4, -0.2) is 76.1 Å². The van der Waals surface area contributed by atoms with Crippen LogP contribution in [0.1, 0.15) is 37.2 Å². The van der Waals surface area contributed by atoms with E-state index in [1.165, 1.54) is 37.5 Å². The Morgan fingerprint density at radius 1 is 1.11 bits per heavy atom. The molecule has 0 atom stereocenters. The van der Waals surface area contributed by atoms with Gasteiger partial charge in [0.2, 0.25) is 0 Å². The van der Waals surface area contributed by atoms with E-state index in [4.69, 9.17) is 10.5 Å². The standard InChI is InChI=1S/C20H33N3O3S/c1-26-20-15-17(5-8-19(20)21)16-3-6-18(7-4-16)23-11-9-22(10-12-23)13-14-27(2,24)25/h5,8,15-16,18H,3-4,6-7,9-14,21H2,1-2H3/t16-,18-. The van der Waals surface area contributed by atoms with Gasteiger partial charge in [0.1, 0.15) is 15.6 Å². The third-order valence-corrected chi connectivity index (χ3v) is 7.05. The number of benzene rings is 1. The summed E-state index contributed by atoms with van der Waals surface area (Å²) in [6.07, 6.45) is 6.16. The van der Waals surface area contributed by atoms with Crippen molar-refractivity contribution in [3.8, 4) is 5.75 Å². The first-order chi connectivity index (χ1) is 12.9. The summed E-state index contributed by atoms with van der Waals surface area (Å²) < 4.78 is 28.0. The molecule has 0 bridgehead atoms. The van der Waals surface area contributed by atoms with Gasteiger partial charge in [0, 0.05) is 45.0 Å². The van der Waals surface area contributed by atoms with Crippen molar-refractivity contribution >= 4 is 15.5 Å². The Balaban J connectivity index is 1.46. The van der Waals surface area contributed by atoms with Crippen LogP contribution < -0.4 is 10.5 Å². The maximum absolute atomic E-state index is 11.3. The molecule has 1 saturated carbocycles. The van der Waals surface area contributed by atoms with Crippen LogP contribution in [0.2, 0.25) is 0 Å². The van der Waals surface area contributed by atoms with E-state index in [1.807, 2.05) is 6.07 Å². The number of hydrogen-bond donors (Lipinski definition) is 1. The molecule has 2 fully saturated rings. The van der Waals surface area contributed by atoms with Crippen molar-refractivity contribution in [2.24, 2.45) is 0 Å². The van der Waals surface area contributed by atoms with E-state index in [9.17, 15) is 8.42 Å². The molecule has 0 radical (unpaired) electrons. The highest BCUT2D eigenvalue weighted by Crippen LogP contribution is 2.37. The summed E-state index contributed by atoms with van der Waals surface area (Å²) in [5.74, 6) is 1.63. The summed E-state index contributed by atoms with van der Waals surface area (Å²) in [6.45, 7) is 4.72. The van der Waals surface area contributed by atoms with Crippen molar-refractivity contribution in [2.75, 3.05) is 57.6 Å². The molecule has 2 N–H and O–H groups in total. The Bertz CT molecular complexity index is 722. The number of nitrogen functional groups attached to an aromatic ring is 1. The highest BCUT2D eigenvalue weighted by atomic mass is 32.2. The van der Waals surface area contributed by atoms with Gasteiger partial charge in [0.15, 0.2) is 0 Å². The van der Waals surface area contributed by atoms with Gasteiger partial charge in [-0.1, -0.05) is 6.07 Å². The maximum Gasteiger partial charge on any atom is 0.148 e. The highest BCUT2D eigenvalue weighted by Gasteiger charge is 2.29. The number of nitrogens with two attached hydrogens (primary N) is 1. The summed E-state index contributed by atoms with van der Waals surface area (Å²) in [5.41, 5.74) is 7.97. The van der Waals surface area contributed by atoms with E-state index >= 15 is 0 Å². The number of sulfone groups is 1. The molecular weight excluding hydrogens is 362 g/mol. The zero-order valence-electron chi connectivity index (χ0n) is 16.6. The van der Waals surface area contributed by atoms with Gasteiger partial charge in [-0.25, -0.2) is 8.42 Å². The van der Waals surface area contributed by atoms with Crippen LogP contribution in [0.25, 0.3) is 0 Å². The lowest BCUT2D eigenvalue weighted by Gasteiger charge is -2.42. The van der Waals surface area contributed by atoms with Gasteiger partial charge < -0.3 is 10.5 Å². The lowest BCUT2D eigenvalue weighted by atomic mass is 9.81. The second-order valence-corrected chi connectivity index (χ2v) is 10.3. The summed E-state index contributed by atoms with van der Waals surface area (Å²) >= 11 is 0. The molecule has 3 rings (SSSR count). The van der Waals surface area contributed by atoms with Crippen molar-refractivity contribution in [1.82, 2.24) is 9.80 Å². The van der Waals surface area contributed by atoms with Crippen LogP contribution in [0.5, 0.6) is 5.75 Å². The largest absolute Gasteiger partial charge is 0.495 e. The molecule has 2 aliphatic rings. The van der Waals surface area contributed by atoms with Crippen LogP contribution in [-0.2, 0) is 9.84 Å². The zero-order valence-corrected chi connectivity index (χ0v) is 17.4. The van der Waals surface area contributed by atoms with Crippen LogP contribution in [0.3, 0.4) is 0 Å². The fourth-order valence-corrected chi connectivity index (χ4v) is 4.99. The van der Waals surface area contributed by atoms with Gasteiger partial charge in [-0.05, 0) is 49.3 Å². The number of ether oxygens (including phenoxy) is 1. The van der Waals surface area contributed by atoms with E-state index in [-0.39, 0.29) is 5.75 Å². The molecule has 0 unspecified atom stereocenters. The lowest BCUT2D eigenvalue weighted by molar-refractivity contribution is 0.0790. The third kappa shape index (κ3) is 5.59. The van der Waals surface area contributed by atoms with Gasteiger partial charge in [-0.2, -0.15) is 0 Å². The second kappa shape index (κ2) is 8.80. The van der Waals surface area contributed by atoms with E-state index < -0.39 is 9.84 Å². The summed E-state index contributed by atoms with van der Waals surface area (Å²) in [7, 11) is -1.20. The monoisotopic (exact) mass is 395 g/mol. The van der Waals surface area contributed by atoms with Crippen molar-refractivity contribution in [2.45, 2.75) is 37.6 Å². The molecule has 1 saturated heterocycles. The highest BCUT2D eigenvalue weighted by molar-refractivity contribution is 7.90. The van der Waals surface area contributed by atoms with Gasteiger partial charge in [0.05, 0.1) is 18.6 Å². The minimum atomic E-state index is -2.87. The Morgan fingerprint density at radius 2 is 1.78 bits per heavy atom. The average molecular weight is 396 g/mol. The summed E-state index contributed by atoms with van der Waals surface area (Å²) in [4.78, 5) is 4.89. The number of hydrogen-bond acceptors (Lipinski definition) is 6. The number of rotatable bonds is 6. The van der Waals surface area contributed by atoms with E-state index in [2.05, 4.69) is 21.9 Å². The van der Waals surface area contributed by atoms with Gasteiger partial charge in [-0.15, -0.1) is 0 Å². The molecule has 6 nitrogen and oxygen atoms in total. The summed E-state index contributed by atoms with van der Waals surface area (Å²) in [5, 5.41) is 0. The van der Waals surface area contributed by atoms with Gasteiger partial charge in [-0.3, -0.25) is 9.80 Å². The molecule has 1 aliphatic carbocycles. The molecule has 0 amide bonds. The lowest BCUT2D eigenvalue weighted by Crippen LogP contribution is -2.51. The molecular formula is C20H33N3O3S. The number of piperazine rings is 1. The normalized spacial score (nSPS) is 25.4. The third-order valence-electron chi connectivity index (χ3n) is 6.13. The summed E-state index contributed by atoms with van der Waals surface area (Å²) in [6, 6.07) is 6.86. The Labute approximate surface area is 163 Å². The zero-order chi connectivity index (χ0) is 19.4. The quantitative estimate of drug-likeness (QED) is 0.742. The predicted molar refractivity (Wildman–Crippen MR) is 110 cm³/mol. The Kier molecular flexibility index (Phi) is 6.65. The Hall–Kier alpha value is -1.31. The van der Waals surface area contributed by atoms with Gasteiger partial charge in [0.25, 0.3) is 0 Å². The van der Waals surface area contributed by atoms with Crippen molar-refractivity contribution in [3.05, 3.63) is 23.8 Å². The smallest absolute Gasteiger partial charge is 0.148 e. The van der Waals surface area contributed by atoms with Crippen molar-refractivity contribution in [3.63, 3.8) is 0 Å². The van der Waals surface area contributed by atoms with Crippen molar-refractivity contribution < 1.29 is 13.2 Å². The first-order valence-electron chi connectivity index (χ1n) is 9.93. The molecule has 27 heavy (non-hydrogen) atoms. The second-order valence-electron chi connectivity index (χ2n) is 8.01. The minimum absolute atomic E-state index is 0.267. The van der Waals surface area contributed by atoms with E-state index in [0.29, 0.717) is 24.2 Å². The number of methoxy groups -OCH3 is 1. The van der Waals surface area contributed by atoms with Gasteiger partial charge >= 0.3 is 0 Å². The first-order valence-corrected chi connectivity index (χ1v) is 12.0. The molecule has 1 aromatic carbocycles. The fourth-order valence-electron chi connectivity index (χ4n) is 4.40. The maximum atomic E-state index is 11.3. The molecule has 1 aromatic rings. The van der Waals surface area contributed by atoms with Crippen LogP contribution in [0.4, 0.5) is 5.69 Å². The molecule has 0 spiro atoms. The van der Waals surface area contributed by atoms with Crippen LogP contribution in [0, 0.1) is 0 Å². The van der Waals surface area contributed by atoms with E-state index in [1.54, 1.807) is 7.11 Å². The average Bonchev–Trinajstić information content (AvgIpc) is 2.67. The molecule has 0 aromatic heterocycles. The molecule has 7 heteroatoms. The molecule has 152 valence electrons. The van der Waals surface area contributed by atoms with Crippen LogP contribution >= 0.6 is 0 Å². The fraction of sp³-hybridized carbons (Fsp3) is 0.700. The molecule has 1 heterocycles.